The largest absolute Gasteiger partial charge is 0.508 e. The zero-order chi connectivity index (χ0) is 23.8. The fourth-order valence-electron chi connectivity index (χ4n) is 4.76. The highest BCUT2D eigenvalue weighted by atomic mass is 16.3. The number of benzene rings is 3. The number of hydrogen-bond acceptors (Lipinski definition) is 3. The second kappa shape index (κ2) is 8.81. The van der Waals surface area contributed by atoms with E-state index in [9.17, 15) is 15.0 Å². The molecule has 3 aromatic carbocycles. The molecule has 1 aliphatic rings. The summed E-state index contributed by atoms with van der Waals surface area (Å²) in [5.41, 5.74) is 4.76. The average Bonchev–Trinajstić information content (AvgIpc) is 3.48. The van der Waals surface area contributed by atoms with Gasteiger partial charge in [0.25, 0.3) is 0 Å². The first-order valence-corrected chi connectivity index (χ1v) is 11.5. The minimum Gasteiger partial charge on any atom is -0.508 e. The van der Waals surface area contributed by atoms with Crippen LogP contribution >= 0.6 is 0 Å². The number of carbonyl (C=O) groups excluding carboxylic acids is 1. The SMILES string of the molecule is CC(C)c1cccc(C(C)C)c1NC(=O)NC1CC1(c1ccc(O)cc1)c1ccc(O)cc1. The molecule has 5 nitrogen and oxygen atoms in total. The summed E-state index contributed by atoms with van der Waals surface area (Å²) < 4.78 is 0. The Hall–Kier alpha value is -3.47. The van der Waals surface area contributed by atoms with Crippen molar-refractivity contribution in [3.63, 3.8) is 0 Å². The number of carbonyl (C=O) groups is 1. The van der Waals surface area contributed by atoms with Crippen molar-refractivity contribution in [3.05, 3.63) is 89.0 Å². The van der Waals surface area contributed by atoms with Crippen LogP contribution in [0.2, 0.25) is 0 Å². The van der Waals surface area contributed by atoms with E-state index in [1.165, 1.54) is 0 Å². The van der Waals surface area contributed by atoms with Gasteiger partial charge in [0.1, 0.15) is 11.5 Å². The Kier molecular flexibility index (Phi) is 6.07. The average molecular weight is 445 g/mol. The normalized spacial score (nSPS) is 16.6. The first kappa shape index (κ1) is 22.7. The summed E-state index contributed by atoms with van der Waals surface area (Å²) in [5, 5.41) is 25.8. The molecule has 33 heavy (non-hydrogen) atoms. The Morgan fingerprint density at radius 2 is 1.27 bits per heavy atom. The maximum Gasteiger partial charge on any atom is 0.319 e. The van der Waals surface area contributed by atoms with Crippen LogP contribution in [0.25, 0.3) is 0 Å². The second-order valence-corrected chi connectivity index (χ2v) is 9.54. The van der Waals surface area contributed by atoms with E-state index >= 15 is 0 Å². The predicted octanol–water partition coefficient (Wildman–Crippen LogP) is 6.22. The van der Waals surface area contributed by atoms with Crippen molar-refractivity contribution < 1.29 is 15.0 Å². The van der Waals surface area contributed by atoms with Gasteiger partial charge >= 0.3 is 6.03 Å². The highest BCUT2D eigenvalue weighted by Gasteiger charge is 2.57. The molecule has 1 saturated carbocycles. The van der Waals surface area contributed by atoms with Crippen molar-refractivity contribution in [1.82, 2.24) is 5.32 Å². The molecule has 0 aliphatic heterocycles. The van der Waals surface area contributed by atoms with E-state index in [-0.39, 0.29) is 35.4 Å². The van der Waals surface area contributed by atoms with Gasteiger partial charge in [-0.3, -0.25) is 0 Å². The second-order valence-electron chi connectivity index (χ2n) is 9.54. The third-order valence-corrected chi connectivity index (χ3v) is 6.64. The molecule has 4 N–H and O–H groups in total. The number of urea groups is 1. The van der Waals surface area contributed by atoms with Crippen LogP contribution in [0, 0.1) is 0 Å². The van der Waals surface area contributed by atoms with Crippen LogP contribution in [0.3, 0.4) is 0 Å². The Balaban J connectivity index is 1.61. The standard InChI is InChI=1S/C28H32N2O3/c1-17(2)23-6-5-7-24(18(3)4)26(23)30-27(33)29-25-16-28(25,19-8-12-21(31)13-9-19)20-10-14-22(32)15-11-20/h5-15,17-18,25,31-32H,16H2,1-4H3,(H2,29,30,33). The van der Waals surface area contributed by atoms with Crippen LogP contribution in [0.4, 0.5) is 10.5 Å². The van der Waals surface area contributed by atoms with Crippen LogP contribution in [-0.2, 0) is 5.41 Å². The van der Waals surface area contributed by atoms with Gasteiger partial charge in [-0.15, -0.1) is 0 Å². The first-order chi connectivity index (χ1) is 15.7. The van der Waals surface area contributed by atoms with Crippen LogP contribution in [0.15, 0.2) is 66.7 Å². The number of anilines is 1. The highest BCUT2D eigenvalue weighted by molar-refractivity contribution is 5.92. The van der Waals surface area contributed by atoms with E-state index in [4.69, 9.17) is 0 Å². The van der Waals surface area contributed by atoms with Crippen molar-refractivity contribution in [2.24, 2.45) is 0 Å². The Morgan fingerprint density at radius 3 is 1.70 bits per heavy atom. The molecule has 172 valence electrons. The van der Waals surface area contributed by atoms with E-state index < -0.39 is 5.41 Å². The monoisotopic (exact) mass is 444 g/mol. The first-order valence-electron chi connectivity index (χ1n) is 11.5. The maximum atomic E-state index is 13.2. The molecule has 1 aliphatic carbocycles. The minimum absolute atomic E-state index is 0.111. The lowest BCUT2D eigenvalue weighted by Crippen LogP contribution is -2.35. The fraction of sp³-hybridized carbons (Fsp3) is 0.321. The molecular weight excluding hydrogens is 412 g/mol. The van der Waals surface area contributed by atoms with Crippen molar-refractivity contribution in [2.75, 3.05) is 5.32 Å². The van der Waals surface area contributed by atoms with Crippen LogP contribution < -0.4 is 10.6 Å². The van der Waals surface area contributed by atoms with Crippen LogP contribution in [0.5, 0.6) is 11.5 Å². The van der Waals surface area contributed by atoms with Gasteiger partial charge in [0.15, 0.2) is 0 Å². The number of para-hydroxylation sites is 1. The number of phenols is 2. The van der Waals surface area contributed by atoms with Crippen LogP contribution in [-0.4, -0.2) is 22.3 Å². The molecule has 2 amide bonds. The third kappa shape index (κ3) is 4.40. The topological polar surface area (TPSA) is 81.6 Å². The number of hydrogen-bond donors (Lipinski definition) is 4. The number of aromatic hydroxyl groups is 2. The Morgan fingerprint density at radius 1 is 0.818 bits per heavy atom. The minimum atomic E-state index is -0.406. The molecule has 0 spiro atoms. The zero-order valence-electron chi connectivity index (χ0n) is 19.6. The summed E-state index contributed by atoms with van der Waals surface area (Å²) in [6.07, 6.45) is 0.735. The molecule has 1 fully saturated rings. The molecule has 1 unspecified atom stereocenters. The van der Waals surface area contributed by atoms with E-state index in [0.717, 1.165) is 34.4 Å². The Labute approximate surface area is 195 Å². The molecular formula is C28H32N2O3. The predicted molar refractivity (Wildman–Crippen MR) is 132 cm³/mol. The number of amides is 2. The summed E-state index contributed by atoms with van der Waals surface area (Å²) in [7, 11) is 0. The third-order valence-electron chi connectivity index (χ3n) is 6.64. The molecule has 5 heteroatoms. The van der Waals surface area contributed by atoms with E-state index in [1.54, 1.807) is 24.3 Å². The maximum absolute atomic E-state index is 13.2. The van der Waals surface area contributed by atoms with E-state index in [2.05, 4.69) is 56.5 Å². The van der Waals surface area contributed by atoms with Gasteiger partial charge < -0.3 is 20.8 Å². The summed E-state index contributed by atoms with van der Waals surface area (Å²) in [5.74, 6) is 0.976. The van der Waals surface area contributed by atoms with E-state index in [1.807, 2.05) is 24.3 Å². The lowest BCUT2D eigenvalue weighted by molar-refractivity contribution is 0.251. The smallest absolute Gasteiger partial charge is 0.319 e. The molecule has 0 radical (unpaired) electrons. The van der Waals surface area contributed by atoms with Gasteiger partial charge in [-0.25, -0.2) is 4.79 Å². The zero-order valence-corrected chi connectivity index (χ0v) is 19.6. The van der Waals surface area contributed by atoms with Crippen molar-refractivity contribution in [2.45, 2.75) is 57.4 Å². The van der Waals surface area contributed by atoms with Crippen molar-refractivity contribution in [3.8, 4) is 11.5 Å². The molecule has 4 rings (SSSR count). The van der Waals surface area contributed by atoms with Gasteiger partial charge in [-0.1, -0.05) is 70.2 Å². The summed E-state index contributed by atoms with van der Waals surface area (Å²) >= 11 is 0. The van der Waals surface area contributed by atoms with Crippen molar-refractivity contribution >= 4 is 11.7 Å². The molecule has 3 aromatic rings. The van der Waals surface area contributed by atoms with E-state index in [0.29, 0.717) is 0 Å². The lowest BCUT2D eigenvalue weighted by Gasteiger charge is -2.22. The van der Waals surface area contributed by atoms with Gasteiger partial charge in [-0.05, 0) is 64.8 Å². The lowest BCUT2D eigenvalue weighted by atomic mass is 9.87. The highest BCUT2D eigenvalue weighted by Crippen LogP contribution is 2.54. The molecule has 0 heterocycles. The quantitative estimate of drug-likeness (QED) is 0.364. The number of nitrogens with one attached hydrogen (secondary N) is 2. The van der Waals surface area contributed by atoms with Gasteiger partial charge in [-0.2, -0.15) is 0 Å². The summed E-state index contributed by atoms with van der Waals surface area (Å²) in [6.45, 7) is 8.52. The van der Waals surface area contributed by atoms with Crippen molar-refractivity contribution in [1.29, 1.82) is 0 Å². The van der Waals surface area contributed by atoms with Gasteiger partial charge in [0.2, 0.25) is 0 Å². The summed E-state index contributed by atoms with van der Waals surface area (Å²) in [4.78, 5) is 13.2. The Bertz CT molecular complexity index is 1060. The molecule has 1 atom stereocenters. The van der Waals surface area contributed by atoms with Gasteiger partial charge in [0.05, 0.1) is 0 Å². The summed E-state index contributed by atoms with van der Waals surface area (Å²) in [6, 6.07) is 20.1. The molecule has 0 bridgehead atoms. The van der Waals surface area contributed by atoms with Gasteiger partial charge in [0, 0.05) is 17.1 Å². The number of phenolic OH excluding ortho intramolecular Hbond substituents is 2. The molecule has 0 saturated heterocycles. The fourth-order valence-corrected chi connectivity index (χ4v) is 4.76. The van der Waals surface area contributed by atoms with Crippen LogP contribution in [0.1, 0.15) is 68.2 Å². The molecule has 0 aromatic heterocycles. The number of rotatable bonds is 6.